The van der Waals surface area contributed by atoms with E-state index in [0.717, 1.165) is 38.6 Å². The Morgan fingerprint density at radius 1 is 1.32 bits per heavy atom. The highest BCUT2D eigenvalue weighted by Gasteiger charge is 2.25. The summed E-state index contributed by atoms with van der Waals surface area (Å²) in [5, 5.41) is 7.39. The molecule has 0 saturated heterocycles. The van der Waals surface area contributed by atoms with Crippen LogP contribution in [0.4, 0.5) is 0 Å². The average Bonchev–Trinajstić information content (AvgIpc) is 3.22. The van der Waals surface area contributed by atoms with E-state index in [1.165, 1.54) is 24.1 Å². The average molecular weight is 341 g/mol. The molecule has 1 unspecified atom stereocenters. The number of fused-ring (bicyclic) bond motifs is 1. The molecule has 3 heterocycles. The van der Waals surface area contributed by atoms with Gasteiger partial charge >= 0.3 is 0 Å². The van der Waals surface area contributed by atoms with E-state index in [0.29, 0.717) is 12.3 Å². The maximum atomic E-state index is 12.3. The summed E-state index contributed by atoms with van der Waals surface area (Å²) in [4.78, 5) is 14.8. The molecule has 2 aromatic heterocycles. The van der Waals surface area contributed by atoms with Crippen LogP contribution in [-0.4, -0.2) is 38.2 Å². The highest BCUT2D eigenvalue weighted by Crippen LogP contribution is 2.27. The van der Waals surface area contributed by atoms with Crippen LogP contribution in [0.5, 0.6) is 0 Å². The Morgan fingerprint density at radius 3 is 2.96 bits per heavy atom. The molecule has 0 aromatic carbocycles. The van der Waals surface area contributed by atoms with Gasteiger partial charge in [0.1, 0.15) is 0 Å². The molecule has 4 rings (SSSR count). The molecule has 6 heteroatoms. The van der Waals surface area contributed by atoms with Crippen LogP contribution in [0.25, 0.3) is 0 Å². The first-order valence-electron chi connectivity index (χ1n) is 9.26. The van der Waals surface area contributed by atoms with Crippen LogP contribution in [0.3, 0.4) is 0 Å². The van der Waals surface area contributed by atoms with Crippen LogP contribution in [-0.2, 0) is 31.5 Å². The number of rotatable bonds is 6. The Morgan fingerprint density at radius 2 is 2.20 bits per heavy atom. The number of nitrogens with one attached hydrogen (secondary N) is 1. The molecule has 1 amide bonds. The van der Waals surface area contributed by atoms with Crippen molar-refractivity contribution in [1.82, 2.24) is 24.6 Å². The topological polar surface area (TPSA) is 55.1 Å². The molecule has 134 valence electrons. The Labute approximate surface area is 148 Å². The zero-order valence-electron chi connectivity index (χ0n) is 14.9. The summed E-state index contributed by atoms with van der Waals surface area (Å²) >= 11 is 0. The van der Waals surface area contributed by atoms with E-state index in [9.17, 15) is 4.79 Å². The first-order chi connectivity index (χ1) is 12.2. The smallest absolute Gasteiger partial charge is 0.220 e. The maximum Gasteiger partial charge on any atom is 0.220 e. The van der Waals surface area contributed by atoms with Crippen molar-refractivity contribution in [2.75, 3.05) is 13.1 Å². The molecule has 1 aliphatic carbocycles. The highest BCUT2D eigenvalue weighted by atomic mass is 16.1. The first-order valence-corrected chi connectivity index (χ1v) is 9.26. The van der Waals surface area contributed by atoms with Gasteiger partial charge in [0.15, 0.2) is 0 Å². The minimum absolute atomic E-state index is 0.203. The van der Waals surface area contributed by atoms with Crippen molar-refractivity contribution in [1.29, 1.82) is 0 Å². The van der Waals surface area contributed by atoms with Gasteiger partial charge in [-0.15, -0.1) is 0 Å². The largest absolute Gasteiger partial charge is 0.356 e. The number of carbonyl (C=O) groups excluding carboxylic acids is 1. The second kappa shape index (κ2) is 7.04. The molecule has 1 atom stereocenters. The first kappa shape index (κ1) is 16.4. The van der Waals surface area contributed by atoms with Crippen molar-refractivity contribution in [2.45, 2.75) is 38.9 Å². The lowest BCUT2D eigenvalue weighted by Crippen LogP contribution is -2.33. The zero-order valence-corrected chi connectivity index (χ0v) is 14.9. The third kappa shape index (κ3) is 4.31. The quantitative estimate of drug-likeness (QED) is 0.871. The van der Waals surface area contributed by atoms with E-state index in [1.54, 1.807) is 0 Å². The zero-order chi connectivity index (χ0) is 17.2. The fourth-order valence-electron chi connectivity index (χ4n) is 3.74. The molecule has 25 heavy (non-hydrogen) atoms. The van der Waals surface area contributed by atoms with Crippen molar-refractivity contribution in [3.63, 3.8) is 0 Å². The normalized spacial score (nSPS) is 20.9. The van der Waals surface area contributed by atoms with Crippen molar-refractivity contribution in [2.24, 2.45) is 18.9 Å². The van der Waals surface area contributed by atoms with Crippen LogP contribution in [0.15, 0.2) is 30.7 Å². The number of aromatic nitrogens is 3. The number of carbonyl (C=O) groups is 1. The lowest BCUT2D eigenvalue weighted by Gasteiger charge is -2.23. The van der Waals surface area contributed by atoms with Crippen molar-refractivity contribution < 1.29 is 4.79 Å². The number of hydrogen-bond acceptors (Lipinski definition) is 3. The van der Waals surface area contributed by atoms with Gasteiger partial charge in [0.25, 0.3) is 0 Å². The molecule has 6 nitrogen and oxygen atoms in total. The van der Waals surface area contributed by atoms with Crippen LogP contribution in [0.2, 0.25) is 0 Å². The number of hydrogen-bond donors (Lipinski definition) is 1. The van der Waals surface area contributed by atoms with Gasteiger partial charge < -0.3 is 9.88 Å². The Hall–Kier alpha value is -2.08. The SMILES string of the molecule is Cn1cc(CN2Cc3cccn3CC(CC(=O)NCC3CC3)C2)cn1. The summed E-state index contributed by atoms with van der Waals surface area (Å²) in [6, 6.07) is 4.29. The molecule has 0 spiro atoms. The summed E-state index contributed by atoms with van der Waals surface area (Å²) in [7, 11) is 1.95. The maximum absolute atomic E-state index is 12.3. The van der Waals surface area contributed by atoms with E-state index in [-0.39, 0.29) is 5.91 Å². The van der Waals surface area contributed by atoms with Crippen molar-refractivity contribution in [3.05, 3.63) is 42.0 Å². The molecule has 1 aliphatic heterocycles. The van der Waals surface area contributed by atoms with E-state index in [2.05, 4.69) is 44.4 Å². The van der Waals surface area contributed by atoms with E-state index in [1.807, 2.05) is 17.9 Å². The van der Waals surface area contributed by atoms with Gasteiger partial charge in [0.05, 0.1) is 6.20 Å². The lowest BCUT2D eigenvalue weighted by atomic mass is 10.0. The Kier molecular flexibility index (Phi) is 4.61. The summed E-state index contributed by atoms with van der Waals surface area (Å²) in [6.07, 6.45) is 9.29. The standard InChI is InChI=1S/C19H27N5O/c1-22-10-17(9-21-22)12-23-11-16(7-19(25)20-8-15-4-5-15)13-24-6-2-3-18(24)14-23/h2-3,6,9-10,15-16H,4-5,7-8,11-14H2,1H3,(H,20,25). The van der Waals surface area contributed by atoms with Crippen LogP contribution in [0, 0.1) is 11.8 Å². The molecule has 0 radical (unpaired) electrons. The van der Waals surface area contributed by atoms with Gasteiger partial charge in [-0.1, -0.05) is 0 Å². The Bertz CT molecular complexity index is 730. The van der Waals surface area contributed by atoms with Crippen LogP contribution >= 0.6 is 0 Å². The van der Waals surface area contributed by atoms with E-state index < -0.39 is 0 Å². The molecular weight excluding hydrogens is 314 g/mol. The van der Waals surface area contributed by atoms with Crippen molar-refractivity contribution in [3.8, 4) is 0 Å². The van der Waals surface area contributed by atoms with Gasteiger partial charge in [-0.3, -0.25) is 14.4 Å². The van der Waals surface area contributed by atoms with Gasteiger partial charge in [0, 0.05) is 69.8 Å². The predicted octanol–water partition coefficient (Wildman–Crippen LogP) is 1.77. The van der Waals surface area contributed by atoms with Crippen molar-refractivity contribution >= 4 is 5.91 Å². The second-order valence-electron chi connectivity index (χ2n) is 7.66. The molecule has 2 aliphatic rings. The molecule has 1 saturated carbocycles. The van der Waals surface area contributed by atoms with Gasteiger partial charge in [-0.25, -0.2) is 0 Å². The molecule has 1 N–H and O–H groups in total. The summed E-state index contributed by atoms with van der Waals surface area (Å²) in [6.45, 7) is 4.51. The molecular formula is C19H27N5O. The van der Waals surface area contributed by atoms with Crippen LogP contribution in [0.1, 0.15) is 30.5 Å². The summed E-state index contributed by atoms with van der Waals surface area (Å²) in [5.74, 6) is 1.27. The lowest BCUT2D eigenvalue weighted by molar-refractivity contribution is -0.122. The molecule has 0 bridgehead atoms. The fraction of sp³-hybridized carbons (Fsp3) is 0.579. The highest BCUT2D eigenvalue weighted by molar-refractivity contribution is 5.76. The monoisotopic (exact) mass is 341 g/mol. The Balaban J connectivity index is 1.41. The predicted molar refractivity (Wildman–Crippen MR) is 95.6 cm³/mol. The van der Waals surface area contributed by atoms with Crippen LogP contribution < -0.4 is 5.32 Å². The summed E-state index contributed by atoms with van der Waals surface area (Å²) in [5.41, 5.74) is 2.55. The minimum Gasteiger partial charge on any atom is -0.356 e. The molecule has 2 aromatic rings. The second-order valence-corrected chi connectivity index (χ2v) is 7.66. The minimum atomic E-state index is 0.203. The van der Waals surface area contributed by atoms with Gasteiger partial charge in [0.2, 0.25) is 5.91 Å². The number of nitrogens with zero attached hydrogens (tertiary/aromatic N) is 4. The number of amides is 1. The fourth-order valence-corrected chi connectivity index (χ4v) is 3.74. The number of aryl methyl sites for hydroxylation is 1. The third-order valence-corrected chi connectivity index (χ3v) is 5.20. The summed E-state index contributed by atoms with van der Waals surface area (Å²) < 4.78 is 4.15. The van der Waals surface area contributed by atoms with E-state index >= 15 is 0 Å². The third-order valence-electron chi connectivity index (χ3n) is 5.20. The van der Waals surface area contributed by atoms with Gasteiger partial charge in [-0.2, -0.15) is 5.10 Å². The van der Waals surface area contributed by atoms with Gasteiger partial charge in [-0.05, 0) is 36.8 Å². The van der Waals surface area contributed by atoms with E-state index in [4.69, 9.17) is 0 Å². The molecule has 1 fully saturated rings.